The van der Waals surface area contributed by atoms with Gasteiger partial charge in [-0.1, -0.05) is 0 Å². The molecule has 1 aromatic rings. The molecule has 1 heterocycles. The number of carboxylic acids is 1. The molecule has 0 saturated heterocycles. The van der Waals surface area contributed by atoms with Gasteiger partial charge in [-0.3, -0.25) is 9.59 Å². The molecule has 1 fully saturated rings. The molecule has 0 aliphatic heterocycles. The molecule has 1 saturated carbocycles. The van der Waals surface area contributed by atoms with Gasteiger partial charge in [-0.15, -0.1) is 0 Å². The minimum absolute atomic E-state index is 0.103. The van der Waals surface area contributed by atoms with Crippen LogP contribution in [0.4, 0.5) is 0 Å². The summed E-state index contributed by atoms with van der Waals surface area (Å²) in [6.07, 6.45) is 0.827. The van der Waals surface area contributed by atoms with E-state index in [2.05, 4.69) is 21.2 Å². The molecule has 0 bridgehead atoms. The Morgan fingerprint density at radius 2 is 2.10 bits per heavy atom. The number of nitrogens with zero attached hydrogens (tertiary/aromatic N) is 1. The van der Waals surface area contributed by atoms with Crippen molar-refractivity contribution in [1.82, 2.24) is 10.2 Å². The van der Waals surface area contributed by atoms with E-state index in [1.54, 1.807) is 6.07 Å². The summed E-state index contributed by atoms with van der Waals surface area (Å²) >= 11 is 3.08. The molecular weight excluding hydrogens is 332 g/mol. The van der Waals surface area contributed by atoms with Crippen molar-refractivity contribution in [3.8, 4) is 0 Å². The average molecular weight is 345 g/mol. The predicted molar refractivity (Wildman–Crippen MR) is 71.1 cm³/mol. The Hall–Kier alpha value is -1.83. The summed E-state index contributed by atoms with van der Waals surface area (Å²) in [6, 6.07) is 3.06. The molecule has 8 heteroatoms. The zero-order valence-electron chi connectivity index (χ0n) is 10.7. The van der Waals surface area contributed by atoms with E-state index < -0.39 is 23.3 Å². The smallest absolute Gasteiger partial charge is 0.329 e. The first-order valence-electron chi connectivity index (χ1n) is 5.89. The summed E-state index contributed by atoms with van der Waals surface area (Å²) in [5.74, 6) is -1.90. The first-order chi connectivity index (χ1) is 9.34. The van der Waals surface area contributed by atoms with E-state index in [0.29, 0.717) is 17.5 Å². The van der Waals surface area contributed by atoms with Crippen molar-refractivity contribution < 1.29 is 23.9 Å². The van der Waals surface area contributed by atoms with Gasteiger partial charge in [0.25, 0.3) is 5.91 Å². The quantitative estimate of drug-likeness (QED) is 0.824. The van der Waals surface area contributed by atoms with Gasteiger partial charge in [0.15, 0.2) is 10.4 Å². The highest BCUT2D eigenvalue weighted by atomic mass is 79.9. The number of nitrogens with one attached hydrogen (secondary N) is 1. The number of hydrogen-bond acceptors (Lipinski definition) is 4. The lowest BCUT2D eigenvalue weighted by Gasteiger charge is -2.18. The Kier molecular flexibility index (Phi) is 3.85. The number of aliphatic carboxylic acids is 1. The summed E-state index contributed by atoms with van der Waals surface area (Å²) in [5, 5.41) is 11.4. The van der Waals surface area contributed by atoms with Crippen molar-refractivity contribution in [2.24, 2.45) is 0 Å². The highest BCUT2D eigenvalue weighted by Gasteiger charge is 2.51. The number of rotatable bonds is 5. The SMILES string of the molecule is CN(CC(=O)NC1(C(=O)O)CC1)C(=O)c1ccc(Br)o1. The molecule has 7 nitrogen and oxygen atoms in total. The molecule has 2 rings (SSSR count). The molecule has 1 aliphatic rings. The van der Waals surface area contributed by atoms with E-state index in [0.717, 1.165) is 0 Å². The second-order valence-electron chi connectivity index (χ2n) is 4.70. The lowest BCUT2D eigenvalue weighted by molar-refractivity contribution is -0.143. The molecule has 0 aromatic carbocycles. The largest absolute Gasteiger partial charge is 0.480 e. The van der Waals surface area contributed by atoms with Gasteiger partial charge < -0.3 is 19.7 Å². The Morgan fingerprint density at radius 1 is 1.45 bits per heavy atom. The van der Waals surface area contributed by atoms with Crippen LogP contribution in [0.3, 0.4) is 0 Å². The number of halogens is 1. The highest BCUT2D eigenvalue weighted by Crippen LogP contribution is 2.35. The van der Waals surface area contributed by atoms with Crippen molar-refractivity contribution in [2.75, 3.05) is 13.6 Å². The van der Waals surface area contributed by atoms with Crippen LogP contribution in [0.15, 0.2) is 21.2 Å². The Balaban J connectivity index is 1.91. The third-order valence-corrected chi connectivity index (χ3v) is 3.48. The molecule has 0 radical (unpaired) electrons. The lowest BCUT2D eigenvalue weighted by Crippen LogP contribution is -2.47. The summed E-state index contributed by atoms with van der Waals surface area (Å²) < 4.78 is 5.52. The van der Waals surface area contributed by atoms with E-state index >= 15 is 0 Å². The van der Waals surface area contributed by atoms with Gasteiger partial charge in [0.05, 0.1) is 6.54 Å². The molecule has 108 valence electrons. The van der Waals surface area contributed by atoms with Crippen LogP contribution < -0.4 is 5.32 Å². The van der Waals surface area contributed by atoms with Crippen molar-refractivity contribution in [3.05, 3.63) is 22.6 Å². The van der Waals surface area contributed by atoms with Crippen LogP contribution in [0.5, 0.6) is 0 Å². The fourth-order valence-corrected chi connectivity index (χ4v) is 2.03. The van der Waals surface area contributed by atoms with Crippen LogP contribution in [-0.2, 0) is 9.59 Å². The molecule has 0 atom stereocenters. The maximum absolute atomic E-state index is 11.9. The Bertz CT molecular complexity index is 564. The van der Waals surface area contributed by atoms with Crippen LogP contribution in [0.1, 0.15) is 23.4 Å². The van der Waals surface area contributed by atoms with Gasteiger partial charge in [0.1, 0.15) is 5.54 Å². The normalized spacial score (nSPS) is 15.5. The zero-order chi connectivity index (χ0) is 14.9. The predicted octanol–water partition coefficient (Wildman–Crippen LogP) is 0.848. The number of hydrogen-bond donors (Lipinski definition) is 2. The Morgan fingerprint density at radius 3 is 2.55 bits per heavy atom. The van der Waals surface area contributed by atoms with Gasteiger partial charge in [-0.2, -0.15) is 0 Å². The van der Waals surface area contributed by atoms with Crippen LogP contribution in [-0.4, -0.2) is 46.9 Å². The number of furan rings is 1. The minimum atomic E-state index is -1.14. The maximum atomic E-state index is 11.9. The van der Waals surface area contributed by atoms with Gasteiger partial charge in [-0.25, -0.2) is 4.79 Å². The first-order valence-corrected chi connectivity index (χ1v) is 6.68. The third-order valence-electron chi connectivity index (χ3n) is 3.05. The molecule has 0 unspecified atom stereocenters. The van der Waals surface area contributed by atoms with Gasteiger partial charge in [-0.05, 0) is 40.9 Å². The third kappa shape index (κ3) is 3.01. The molecule has 2 N–H and O–H groups in total. The first kappa shape index (κ1) is 14.6. The molecule has 1 aliphatic carbocycles. The highest BCUT2D eigenvalue weighted by molar-refractivity contribution is 9.10. The van der Waals surface area contributed by atoms with Crippen LogP contribution >= 0.6 is 15.9 Å². The van der Waals surface area contributed by atoms with E-state index in [1.807, 2.05) is 0 Å². The lowest BCUT2D eigenvalue weighted by atomic mass is 10.2. The number of amides is 2. The van der Waals surface area contributed by atoms with E-state index in [9.17, 15) is 14.4 Å². The average Bonchev–Trinajstić information content (AvgIpc) is 3.02. The van der Waals surface area contributed by atoms with Gasteiger partial charge in [0.2, 0.25) is 5.91 Å². The maximum Gasteiger partial charge on any atom is 0.329 e. The van der Waals surface area contributed by atoms with E-state index in [-0.39, 0.29) is 12.3 Å². The van der Waals surface area contributed by atoms with Crippen molar-refractivity contribution in [3.63, 3.8) is 0 Å². The number of carboxylic acid groups (broad SMARTS) is 1. The summed E-state index contributed by atoms with van der Waals surface area (Å²) in [5.41, 5.74) is -1.14. The van der Waals surface area contributed by atoms with Crippen LogP contribution in [0, 0.1) is 0 Å². The number of likely N-dealkylation sites (N-methyl/N-ethyl adjacent to an activating group) is 1. The number of carbonyl (C=O) groups excluding carboxylic acids is 2. The van der Waals surface area contributed by atoms with Crippen molar-refractivity contribution in [2.45, 2.75) is 18.4 Å². The minimum Gasteiger partial charge on any atom is -0.480 e. The molecular formula is C12H13BrN2O5. The molecule has 2 amide bonds. The second kappa shape index (κ2) is 5.28. The van der Waals surface area contributed by atoms with Crippen molar-refractivity contribution in [1.29, 1.82) is 0 Å². The topological polar surface area (TPSA) is 99.9 Å². The zero-order valence-corrected chi connectivity index (χ0v) is 12.3. The van der Waals surface area contributed by atoms with E-state index in [1.165, 1.54) is 18.0 Å². The molecule has 20 heavy (non-hydrogen) atoms. The second-order valence-corrected chi connectivity index (χ2v) is 5.48. The summed E-state index contributed by atoms with van der Waals surface area (Å²) in [4.78, 5) is 35.8. The monoisotopic (exact) mass is 344 g/mol. The fourth-order valence-electron chi connectivity index (χ4n) is 1.73. The van der Waals surface area contributed by atoms with Gasteiger partial charge in [0, 0.05) is 7.05 Å². The fraction of sp³-hybridized carbons (Fsp3) is 0.417. The molecule has 0 spiro atoms. The van der Waals surface area contributed by atoms with E-state index in [4.69, 9.17) is 9.52 Å². The number of carbonyl (C=O) groups is 3. The summed E-state index contributed by atoms with van der Waals surface area (Å²) in [6.45, 7) is -0.230. The van der Waals surface area contributed by atoms with Crippen LogP contribution in [0.2, 0.25) is 0 Å². The standard InChI is InChI=1S/C12H13BrN2O5/c1-15(10(17)7-2-3-8(13)20-7)6-9(16)14-12(4-5-12)11(18)19/h2-3H,4-6H2,1H3,(H,14,16)(H,18,19). The Labute approximate surface area is 123 Å². The van der Waals surface area contributed by atoms with Gasteiger partial charge >= 0.3 is 5.97 Å². The summed E-state index contributed by atoms with van der Waals surface area (Å²) in [7, 11) is 1.44. The molecule has 1 aromatic heterocycles. The van der Waals surface area contributed by atoms with Crippen LogP contribution in [0.25, 0.3) is 0 Å². The van der Waals surface area contributed by atoms with Crippen molar-refractivity contribution >= 4 is 33.7 Å².